The van der Waals surface area contributed by atoms with Crippen LogP contribution in [-0.4, -0.2) is 5.11 Å². The summed E-state index contributed by atoms with van der Waals surface area (Å²) >= 11 is 0. The summed E-state index contributed by atoms with van der Waals surface area (Å²) in [7, 11) is 0. The molecular formula is C30H25N5O. The number of benzene rings is 5. The second-order valence-electron chi connectivity index (χ2n) is 8.54. The van der Waals surface area contributed by atoms with Crippen molar-refractivity contribution in [2.45, 2.75) is 13.8 Å². The van der Waals surface area contributed by atoms with E-state index in [1.807, 2.05) is 79.7 Å². The molecule has 0 spiro atoms. The maximum absolute atomic E-state index is 10.7. The van der Waals surface area contributed by atoms with Crippen LogP contribution in [0.2, 0.25) is 0 Å². The molecule has 0 aliphatic heterocycles. The molecule has 0 bridgehead atoms. The van der Waals surface area contributed by atoms with Crippen LogP contribution in [0.25, 0.3) is 10.8 Å². The second kappa shape index (κ2) is 10.2. The number of aryl methyl sites for hydroxylation is 2. The molecule has 0 aliphatic carbocycles. The lowest BCUT2D eigenvalue weighted by Gasteiger charge is -2.12. The maximum Gasteiger partial charge on any atom is 0.145 e. The van der Waals surface area contributed by atoms with Crippen LogP contribution in [0.3, 0.4) is 0 Å². The summed E-state index contributed by atoms with van der Waals surface area (Å²) in [5.41, 5.74) is 6.17. The van der Waals surface area contributed by atoms with Gasteiger partial charge >= 0.3 is 0 Å². The minimum absolute atomic E-state index is 0.0142. The Bertz CT molecular complexity index is 1580. The fraction of sp³-hybridized carbons (Fsp3) is 0.0667. The van der Waals surface area contributed by atoms with Crippen LogP contribution in [0.4, 0.5) is 34.1 Å². The summed E-state index contributed by atoms with van der Waals surface area (Å²) in [6, 6.07) is 33.0. The number of nitrogens with zero attached hydrogens (tertiary/aromatic N) is 4. The van der Waals surface area contributed by atoms with E-state index in [1.165, 1.54) is 5.56 Å². The van der Waals surface area contributed by atoms with Crippen molar-refractivity contribution in [3.63, 3.8) is 0 Å². The minimum atomic E-state index is -0.0142. The SMILES string of the molecule is Cc1ccc(Nc2ccc3ccccc3c2/N=N/c2cc(C)c(/N=N/c3ccccc3)cc2O)cc1. The molecule has 2 N–H and O–H groups in total. The number of rotatable bonds is 6. The van der Waals surface area contributed by atoms with Crippen LogP contribution in [0, 0.1) is 13.8 Å². The average Bonchev–Trinajstić information content (AvgIpc) is 2.90. The van der Waals surface area contributed by atoms with Gasteiger partial charge in [-0.3, -0.25) is 0 Å². The first kappa shape index (κ1) is 22.9. The van der Waals surface area contributed by atoms with Gasteiger partial charge in [0.2, 0.25) is 0 Å². The Morgan fingerprint density at radius 3 is 2.17 bits per heavy atom. The molecular weight excluding hydrogens is 446 g/mol. The van der Waals surface area contributed by atoms with E-state index in [0.717, 1.165) is 33.4 Å². The highest BCUT2D eigenvalue weighted by Crippen LogP contribution is 2.39. The number of nitrogens with one attached hydrogen (secondary N) is 1. The Labute approximate surface area is 209 Å². The summed E-state index contributed by atoms with van der Waals surface area (Å²) in [6.45, 7) is 3.96. The van der Waals surface area contributed by atoms with E-state index >= 15 is 0 Å². The number of aromatic hydroxyl groups is 1. The second-order valence-corrected chi connectivity index (χ2v) is 8.54. The number of hydrogen-bond acceptors (Lipinski definition) is 6. The number of anilines is 2. The van der Waals surface area contributed by atoms with Gasteiger partial charge in [0.05, 0.1) is 17.1 Å². The van der Waals surface area contributed by atoms with E-state index in [-0.39, 0.29) is 5.75 Å². The molecule has 0 amide bonds. The first-order valence-corrected chi connectivity index (χ1v) is 11.6. The van der Waals surface area contributed by atoms with E-state index in [9.17, 15) is 5.11 Å². The largest absolute Gasteiger partial charge is 0.506 e. The Hall–Kier alpha value is -4.84. The zero-order valence-electron chi connectivity index (χ0n) is 20.1. The van der Waals surface area contributed by atoms with Crippen molar-refractivity contribution in [2.24, 2.45) is 20.5 Å². The molecule has 6 nitrogen and oxygen atoms in total. The summed E-state index contributed by atoms with van der Waals surface area (Å²) in [5, 5.41) is 33.7. The van der Waals surface area contributed by atoms with Gasteiger partial charge in [-0.25, -0.2) is 0 Å². The first-order valence-electron chi connectivity index (χ1n) is 11.6. The Morgan fingerprint density at radius 1 is 0.639 bits per heavy atom. The molecule has 0 aromatic heterocycles. The quantitative estimate of drug-likeness (QED) is 0.242. The van der Waals surface area contributed by atoms with Gasteiger partial charge in [-0.2, -0.15) is 10.2 Å². The van der Waals surface area contributed by atoms with Crippen molar-refractivity contribution in [2.75, 3.05) is 5.32 Å². The third-order valence-electron chi connectivity index (χ3n) is 5.81. The maximum atomic E-state index is 10.7. The van der Waals surface area contributed by atoms with Gasteiger partial charge in [-0.15, -0.1) is 10.2 Å². The Kier molecular flexibility index (Phi) is 6.49. The van der Waals surface area contributed by atoms with E-state index < -0.39 is 0 Å². The van der Waals surface area contributed by atoms with Gasteiger partial charge in [0, 0.05) is 17.1 Å². The van der Waals surface area contributed by atoms with Crippen LogP contribution < -0.4 is 5.32 Å². The average molecular weight is 472 g/mol. The van der Waals surface area contributed by atoms with Crippen molar-refractivity contribution in [3.8, 4) is 5.75 Å². The fourth-order valence-corrected chi connectivity index (χ4v) is 3.82. The standard InChI is InChI=1S/C30H25N5O/c1-20-12-15-23(16-13-20)31-26-17-14-22-8-6-7-11-25(22)30(26)35-34-28-18-21(2)27(19-29(28)36)33-32-24-9-4-3-5-10-24/h3-19,31,36H,1-2H3/b33-32+,35-34+. The molecule has 0 fully saturated rings. The molecule has 6 heteroatoms. The van der Waals surface area contributed by atoms with Gasteiger partial charge in [0.15, 0.2) is 0 Å². The van der Waals surface area contributed by atoms with Crippen molar-refractivity contribution < 1.29 is 5.11 Å². The molecule has 0 saturated carbocycles. The van der Waals surface area contributed by atoms with E-state index in [4.69, 9.17) is 0 Å². The number of phenols is 1. The lowest BCUT2D eigenvalue weighted by molar-refractivity contribution is 0.476. The van der Waals surface area contributed by atoms with E-state index in [2.05, 4.69) is 50.9 Å². The van der Waals surface area contributed by atoms with Gasteiger partial charge in [0.25, 0.3) is 0 Å². The highest BCUT2D eigenvalue weighted by Gasteiger charge is 2.10. The predicted octanol–water partition coefficient (Wildman–Crippen LogP) is 9.74. The normalized spacial score (nSPS) is 11.5. The number of azo groups is 2. The van der Waals surface area contributed by atoms with Gasteiger partial charge in [-0.05, 0) is 61.2 Å². The monoisotopic (exact) mass is 471 g/mol. The third-order valence-corrected chi connectivity index (χ3v) is 5.81. The Morgan fingerprint density at radius 2 is 1.36 bits per heavy atom. The van der Waals surface area contributed by atoms with Crippen molar-refractivity contribution >= 4 is 44.9 Å². The van der Waals surface area contributed by atoms with Crippen molar-refractivity contribution in [1.82, 2.24) is 0 Å². The minimum Gasteiger partial charge on any atom is -0.506 e. The molecule has 176 valence electrons. The number of fused-ring (bicyclic) bond motifs is 1. The zero-order valence-corrected chi connectivity index (χ0v) is 20.1. The number of hydrogen-bond donors (Lipinski definition) is 2. The van der Waals surface area contributed by atoms with Crippen LogP contribution >= 0.6 is 0 Å². The molecule has 36 heavy (non-hydrogen) atoms. The molecule has 0 aliphatic rings. The van der Waals surface area contributed by atoms with Crippen LogP contribution in [0.15, 0.2) is 124 Å². The van der Waals surface area contributed by atoms with E-state index in [1.54, 1.807) is 12.1 Å². The fourth-order valence-electron chi connectivity index (χ4n) is 3.82. The lowest BCUT2D eigenvalue weighted by Crippen LogP contribution is -1.91. The molecule has 0 saturated heterocycles. The van der Waals surface area contributed by atoms with Crippen LogP contribution in [-0.2, 0) is 0 Å². The topological polar surface area (TPSA) is 81.7 Å². The third kappa shape index (κ3) is 5.13. The van der Waals surface area contributed by atoms with Crippen LogP contribution in [0.1, 0.15) is 11.1 Å². The molecule has 0 unspecified atom stereocenters. The lowest BCUT2D eigenvalue weighted by atomic mass is 10.1. The highest BCUT2D eigenvalue weighted by molar-refractivity contribution is 5.99. The van der Waals surface area contributed by atoms with E-state index in [0.29, 0.717) is 17.1 Å². The summed E-state index contributed by atoms with van der Waals surface area (Å²) < 4.78 is 0. The molecule has 5 aromatic carbocycles. The summed E-state index contributed by atoms with van der Waals surface area (Å²) in [5.74, 6) is -0.0142. The highest BCUT2D eigenvalue weighted by atomic mass is 16.3. The summed E-state index contributed by atoms with van der Waals surface area (Å²) in [6.07, 6.45) is 0. The van der Waals surface area contributed by atoms with Gasteiger partial charge in [-0.1, -0.05) is 66.2 Å². The predicted molar refractivity (Wildman–Crippen MR) is 146 cm³/mol. The number of phenolic OH excluding ortho intramolecular Hbond substituents is 1. The first-order chi connectivity index (χ1) is 17.6. The van der Waals surface area contributed by atoms with Crippen molar-refractivity contribution in [3.05, 3.63) is 114 Å². The molecule has 5 aromatic rings. The molecule has 0 atom stereocenters. The smallest absolute Gasteiger partial charge is 0.145 e. The molecule has 0 radical (unpaired) electrons. The van der Waals surface area contributed by atoms with Gasteiger partial charge in [0.1, 0.15) is 17.1 Å². The Balaban J connectivity index is 1.49. The molecule has 5 rings (SSSR count). The molecule has 0 heterocycles. The van der Waals surface area contributed by atoms with Crippen LogP contribution in [0.5, 0.6) is 5.75 Å². The van der Waals surface area contributed by atoms with Gasteiger partial charge < -0.3 is 10.4 Å². The zero-order chi connectivity index (χ0) is 24.9. The van der Waals surface area contributed by atoms with Crippen molar-refractivity contribution in [1.29, 1.82) is 0 Å². The summed E-state index contributed by atoms with van der Waals surface area (Å²) in [4.78, 5) is 0.